The van der Waals surface area contributed by atoms with E-state index in [1.165, 1.54) is 6.20 Å². The third-order valence-electron chi connectivity index (χ3n) is 3.45. The van der Waals surface area contributed by atoms with Gasteiger partial charge in [0.2, 0.25) is 0 Å². The molecular formula is C19H18N6. The zero-order valence-corrected chi connectivity index (χ0v) is 14.2. The highest BCUT2D eigenvalue weighted by molar-refractivity contribution is 6.01. The Labute approximate surface area is 146 Å². The Balaban J connectivity index is 1.97. The molecule has 6 nitrogen and oxygen atoms in total. The highest BCUT2D eigenvalue weighted by Crippen LogP contribution is 2.19. The lowest BCUT2D eigenvalue weighted by atomic mass is 10.2. The first-order chi connectivity index (χ1) is 12.2. The predicted octanol–water partition coefficient (Wildman–Crippen LogP) is 3.62. The summed E-state index contributed by atoms with van der Waals surface area (Å²) in [5.74, 6) is 0.523. The van der Waals surface area contributed by atoms with Crippen LogP contribution in [0.25, 0.3) is 16.9 Å². The number of amidine groups is 1. The number of aryl methyl sites for hydroxylation is 1. The molecule has 0 aromatic carbocycles. The van der Waals surface area contributed by atoms with E-state index in [2.05, 4.69) is 31.6 Å². The summed E-state index contributed by atoms with van der Waals surface area (Å²) in [4.78, 5) is 17.3. The van der Waals surface area contributed by atoms with Crippen LogP contribution < -0.4 is 0 Å². The molecule has 0 aliphatic rings. The van der Waals surface area contributed by atoms with Crippen LogP contribution in [0.4, 0.5) is 0 Å². The molecule has 6 heteroatoms. The summed E-state index contributed by atoms with van der Waals surface area (Å²) in [5.41, 5.74) is 4.37. The van der Waals surface area contributed by atoms with Gasteiger partial charge >= 0.3 is 0 Å². The molecule has 3 aromatic rings. The summed E-state index contributed by atoms with van der Waals surface area (Å²) in [6.07, 6.45) is 10.4. The van der Waals surface area contributed by atoms with Gasteiger partial charge in [0.1, 0.15) is 5.69 Å². The van der Waals surface area contributed by atoms with Crippen molar-refractivity contribution in [2.45, 2.75) is 13.8 Å². The summed E-state index contributed by atoms with van der Waals surface area (Å²) < 4.78 is 1.78. The van der Waals surface area contributed by atoms with E-state index in [0.29, 0.717) is 11.5 Å². The van der Waals surface area contributed by atoms with Gasteiger partial charge in [-0.15, -0.1) is 0 Å². The third kappa shape index (κ3) is 3.74. The largest absolute Gasteiger partial charge is 0.262 e. The molecule has 0 aliphatic carbocycles. The molecule has 0 saturated heterocycles. The van der Waals surface area contributed by atoms with Crippen LogP contribution in [0, 0.1) is 6.92 Å². The second-order valence-corrected chi connectivity index (χ2v) is 5.32. The average Bonchev–Trinajstić information content (AvgIpc) is 3.12. The number of aliphatic imine (C=N–C) groups is 2. The van der Waals surface area contributed by atoms with Crippen LogP contribution in [0.2, 0.25) is 0 Å². The van der Waals surface area contributed by atoms with Crippen LogP contribution in [0.3, 0.4) is 0 Å². The fourth-order valence-electron chi connectivity index (χ4n) is 2.35. The van der Waals surface area contributed by atoms with E-state index in [1.54, 1.807) is 23.3 Å². The molecule has 0 aliphatic heterocycles. The van der Waals surface area contributed by atoms with E-state index in [1.807, 2.05) is 50.5 Å². The first-order valence-corrected chi connectivity index (χ1v) is 7.83. The molecule has 0 amide bonds. The summed E-state index contributed by atoms with van der Waals surface area (Å²) in [7, 11) is 0. The second kappa shape index (κ2) is 7.44. The minimum absolute atomic E-state index is 0.523. The summed E-state index contributed by atoms with van der Waals surface area (Å²) in [6.45, 7) is 7.46. The summed E-state index contributed by atoms with van der Waals surface area (Å²) in [6, 6.07) is 7.75. The number of hydrogen-bond acceptors (Lipinski definition) is 4. The van der Waals surface area contributed by atoms with E-state index < -0.39 is 0 Å². The van der Waals surface area contributed by atoms with Gasteiger partial charge < -0.3 is 0 Å². The smallest absolute Gasteiger partial charge is 0.177 e. The molecule has 3 rings (SSSR count). The van der Waals surface area contributed by atoms with E-state index in [4.69, 9.17) is 0 Å². The Bertz CT molecular complexity index is 952. The van der Waals surface area contributed by atoms with E-state index in [-0.39, 0.29) is 0 Å². The molecule has 0 radical (unpaired) electrons. The van der Waals surface area contributed by atoms with Gasteiger partial charge in [-0.1, -0.05) is 12.6 Å². The zero-order valence-electron chi connectivity index (χ0n) is 14.2. The molecule has 3 heterocycles. The Morgan fingerprint density at radius 3 is 2.88 bits per heavy atom. The maximum atomic E-state index is 4.64. The van der Waals surface area contributed by atoms with Crippen molar-refractivity contribution in [3.05, 3.63) is 73.1 Å². The molecule has 25 heavy (non-hydrogen) atoms. The monoisotopic (exact) mass is 330 g/mol. The SMILES string of the molecule is C=CN=C(N=CC)c1cccc(-c2cnn(-c3cncc(C)c3)c2)n1. The molecule has 0 spiro atoms. The van der Waals surface area contributed by atoms with Gasteiger partial charge in [-0.3, -0.25) is 4.98 Å². The van der Waals surface area contributed by atoms with Crippen molar-refractivity contribution in [2.24, 2.45) is 9.98 Å². The van der Waals surface area contributed by atoms with Crippen molar-refractivity contribution in [1.29, 1.82) is 0 Å². The summed E-state index contributed by atoms with van der Waals surface area (Å²) in [5, 5.41) is 4.41. The standard InChI is InChI=1S/C19H18N6/c1-4-21-19(22-5-2)18-8-6-7-17(24-18)15-11-23-25(13-15)16-9-14(3)10-20-12-16/h4-13H,1H2,2-3H3. The quantitative estimate of drug-likeness (QED) is 0.542. The fourth-order valence-corrected chi connectivity index (χ4v) is 2.35. The first-order valence-electron chi connectivity index (χ1n) is 7.83. The lowest BCUT2D eigenvalue weighted by Gasteiger charge is -2.03. The van der Waals surface area contributed by atoms with Gasteiger partial charge in [0.25, 0.3) is 0 Å². The molecule has 0 fully saturated rings. The highest BCUT2D eigenvalue weighted by atomic mass is 15.3. The van der Waals surface area contributed by atoms with Crippen LogP contribution in [-0.4, -0.2) is 31.8 Å². The molecule has 0 N–H and O–H groups in total. The average molecular weight is 330 g/mol. The molecule has 0 saturated carbocycles. The molecule has 0 bridgehead atoms. The minimum Gasteiger partial charge on any atom is -0.262 e. The number of rotatable bonds is 4. The van der Waals surface area contributed by atoms with Crippen LogP contribution >= 0.6 is 0 Å². The second-order valence-electron chi connectivity index (χ2n) is 5.32. The van der Waals surface area contributed by atoms with Gasteiger partial charge in [0.15, 0.2) is 5.84 Å². The normalized spacial score (nSPS) is 11.8. The molecule has 0 atom stereocenters. The molecule has 0 unspecified atom stereocenters. The Kier molecular flexibility index (Phi) is 4.89. The van der Waals surface area contributed by atoms with Crippen LogP contribution in [-0.2, 0) is 0 Å². The van der Waals surface area contributed by atoms with Gasteiger partial charge in [0.05, 0.1) is 23.8 Å². The van der Waals surface area contributed by atoms with E-state index in [9.17, 15) is 0 Å². The van der Waals surface area contributed by atoms with Gasteiger partial charge in [-0.2, -0.15) is 5.10 Å². The van der Waals surface area contributed by atoms with Crippen molar-refractivity contribution in [3.8, 4) is 16.9 Å². The molecule has 124 valence electrons. The number of aromatic nitrogens is 4. The molecular weight excluding hydrogens is 312 g/mol. The number of nitrogens with zero attached hydrogens (tertiary/aromatic N) is 6. The van der Waals surface area contributed by atoms with Crippen LogP contribution in [0.5, 0.6) is 0 Å². The predicted molar refractivity (Wildman–Crippen MR) is 100 cm³/mol. The van der Waals surface area contributed by atoms with Crippen molar-refractivity contribution in [3.63, 3.8) is 0 Å². The fraction of sp³-hybridized carbons (Fsp3) is 0.105. The number of pyridine rings is 2. The summed E-state index contributed by atoms with van der Waals surface area (Å²) >= 11 is 0. The molecule has 3 aromatic heterocycles. The van der Waals surface area contributed by atoms with E-state index >= 15 is 0 Å². The van der Waals surface area contributed by atoms with Crippen LogP contribution in [0.15, 0.2) is 71.8 Å². The zero-order chi connectivity index (χ0) is 17.6. The van der Waals surface area contributed by atoms with Crippen LogP contribution in [0.1, 0.15) is 18.2 Å². The number of hydrogen-bond donors (Lipinski definition) is 0. The topological polar surface area (TPSA) is 68.3 Å². The lowest BCUT2D eigenvalue weighted by Crippen LogP contribution is -2.01. The maximum absolute atomic E-state index is 4.64. The van der Waals surface area contributed by atoms with E-state index in [0.717, 1.165) is 22.5 Å². The minimum atomic E-state index is 0.523. The van der Waals surface area contributed by atoms with Gasteiger partial charge in [0, 0.05) is 30.4 Å². The maximum Gasteiger partial charge on any atom is 0.177 e. The van der Waals surface area contributed by atoms with Gasteiger partial charge in [-0.05, 0) is 37.6 Å². The van der Waals surface area contributed by atoms with Crippen molar-refractivity contribution in [2.75, 3.05) is 0 Å². The third-order valence-corrected chi connectivity index (χ3v) is 3.45. The first kappa shape index (κ1) is 16.4. The van der Waals surface area contributed by atoms with Gasteiger partial charge in [-0.25, -0.2) is 19.7 Å². The van der Waals surface area contributed by atoms with Crippen molar-refractivity contribution < 1.29 is 0 Å². The Morgan fingerprint density at radius 2 is 2.12 bits per heavy atom. The Morgan fingerprint density at radius 1 is 1.24 bits per heavy atom. The highest BCUT2D eigenvalue weighted by Gasteiger charge is 2.08. The van der Waals surface area contributed by atoms with Crippen molar-refractivity contribution in [1.82, 2.24) is 19.7 Å². The Hall–Kier alpha value is -3.41. The lowest BCUT2D eigenvalue weighted by molar-refractivity contribution is 0.872. The van der Waals surface area contributed by atoms with Crippen molar-refractivity contribution >= 4 is 12.1 Å².